The van der Waals surface area contributed by atoms with E-state index in [0.29, 0.717) is 0 Å². The SMILES string of the molecule is N#[N+]N=c1c(=O)ccc(=O)c1=NN=[N-]. The van der Waals surface area contributed by atoms with Crippen molar-refractivity contribution in [2.75, 3.05) is 0 Å². The molecule has 0 spiro atoms. The maximum atomic E-state index is 11.1. The Balaban J connectivity index is 4.00. The van der Waals surface area contributed by atoms with Crippen LogP contribution in [0.1, 0.15) is 0 Å². The van der Waals surface area contributed by atoms with Crippen LogP contribution in [0.25, 0.3) is 10.6 Å². The third-order valence-electron chi connectivity index (χ3n) is 1.37. The molecule has 0 aromatic heterocycles. The zero-order chi connectivity index (χ0) is 10.6. The fourth-order valence-electron chi connectivity index (χ4n) is 0.825. The molecule has 0 heterocycles. The summed E-state index contributed by atoms with van der Waals surface area (Å²) >= 11 is 0. The van der Waals surface area contributed by atoms with Crippen molar-refractivity contribution in [3.63, 3.8) is 0 Å². The lowest BCUT2D eigenvalue weighted by Gasteiger charge is -1.85. The molecule has 8 nitrogen and oxygen atoms in total. The Morgan fingerprint density at radius 2 is 1.79 bits per heavy atom. The van der Waals surface area contributed by atoms with Gasteiger partial charge >= 0.3 is 5.08 Å². The molecule has 0 saturated carbocycles. The Morgan fingerprint density at radius 3 is 2.29 bits per heavy atom. The fourth-order valence-corrected chi connectivity index (χ4v) is 0.825. The highest BCUT2D eigenvalue weighted by atomic mass is 16.1. The first-order chi connectivity index (χ1) is 6.70. The van der Waals surface area contributed by atoms with E-state index < -0.39 is 21.6 Å². The van der Waals surface area contributed by atoms with Crippen molar-refractivity contribution >= 4 is 0 Å². The lowest BCUT2D eigenvalue weighted by molar-refractivity contribution is 1.05. The van der Waals surface area contributed by atoms with Crippen LogP contribution in [0, 0.1) is 5.39 Å². The quantitative estimate of drug-likeness (QED) is 0.313. The molecule has 1 rings (SSSR count). The maximum absolute atomic E-state index is 11.1. The first kappa shape index (κ1) is 9.53. The van der Waals surface area contributed by atoms with Crippen LogP contribution in [0.4, 0.5) is 0 Å². The van der Waals surface area contributed by atoms with E-state index >= 15 is 0 Å². The van der Waals surface area contributed by atoms with E-state index in [9.17, 15) is 9.59 Å². The second kappa shape index (κ2) is 3.90. The van der Waals surface area contributed by atoms with E-state index in [-0.39, 0.29) is 0 Å². The van der Waals surface area contributed by atoms with Crippen LogP contribution >= 0.6 is 0 Å². The molecule has 0 saturated heterocycles. The summed E-state index contributed by atoms with van der Waals surface area (Å²) in [6.45, 7) is 0. The minimum absolute atomic E-state index is 0.474. The van der Waals surface area contributed by atoms with Crippen molar-refractivity contribution in [3.8, 4) is 0 Å². The molecule has 0 amide bonds. The van der Waals surface area contributed by atoms with Gasteiger partial charge in [0.2, 0.25) is 10.8 Å². The lowest BCUT2D eigenvalue weighted by Crippen LogP contribution is -2.47. The number of diazo groups is 1. The van der Waals surface area contributed by atoms with Crippen molar-refractivity contribution in [1.29, 1.82) is 5.39 Å². The summed E-state index contributed by atoms with van der Waals surface area (Å²) in [7, 11) is 0. The van der Waals surface area contributed by atoms with Crippen LogP contribution in [0.5, 0.6) is 0 Å². The van der Waals surface area contributed by atoms with Gasteiger partial charge in [-0.05, 0) is 12.1 Å². The number of hydrogen-bond acceptors (Lipinski definition) is 5. The summed E-state index contributed by atoms with van der Waals surface area (Å²) in [4.78, 5) is 22.1. The fraction of sp³-hybridized carbons (Fsp3) is 0. The summed E-state index contributed by atoms with van der Waals surface area (Å²) in [5, 5.41) is 17.8. The van der Waals surface area contributed by atoms with Gasteiger partial charge in [-0.1, -0.05) is 0 Å². The minimum Gasteiger partial charge on any atom is -0.362 e. The normalized spacial score (nSPS) is 12.5. The van der Waals surface area contributed by atoms with Gasteiger partial charge in [-0.3, -0.25) is 14.8 Å². The molecule has 68 valence electrons. The van der Waals surface area contributed by atoms with Gasteiger partial charge in [0.15, 0.2) is 10.5 Å². The second-order valence-electron chi connectivity index (χ2n) is 2.14. The molecule has 0 aliphatic carbocycles. The summed E-state index contributed by atoms with van der Waals surface area (Å²) < 4.78 is 0. The van der Waals surface area contributed by atoms with Crippen LogP contribution in [-0.2, 0) is 0 Å². The summed E-state index contributed by atoms with van der Waals surface area (Å²) in [5.74, 6) is 0. The van der Waals surface area contributed by atoms with Crippen LogP contribution in [0.2, 0.25) is 0 Å². The first-order valence-electron chi connectivity index (χ1n) is 3.32. The van der Waals surface area contributed by atoms with E-state index in [0.717, 1.165) is 12.1 Å². The molecule has 1 aromatic carbocycles. The average Bonchev–Trinajstić information content (AvgIpc) is 2.17. The highest BCUT2D eigenvalue weighted by Gasteiger charge is 1.99. The highest BCUT2D eigenvalue weighted by Crippen LogP contribution is 1.63. The van der Waals surface area contributed by atoms with Crippen molar-refractivity contribution in [1.82, 2.24) is 0 Å². The Bertz CT molecular complexity index is 615. The Kier molecular flexibility index (Phi) is 2.66. The van der Waals surface area contributed by atoms with E-state index in [1.807, 2.05) is 0 Å². The standard InChI is InChI=1S/C6H2N6O2/c7-11-9-5-3(13)1-2-4(14)6(5)10-12-8/h1-2H. The van der Waals surface area contributed by atoms with E-state index in [1.165, 1.54) is 0 Å². The zero-order valence-corrected chi connectivity index (χ0v) is 6.65. The summed E-state index contributed by atoms with van der Waals surface area (Å²) in [5.41, 5.74) is 6.79. The second-order valence-corrected chi connectivity index (χ2v) is 2.14. The smallest absolute Gasteiger partial charge is 0.339 e. The molecule has 14 heavy (non-hydrogen) atoms. The molecule has 0 aliphatic heterocycles. The van der Waals surface area contributed by atoms with Gasteiger partial charge in [0, 0.05) is 0 Å². The molecule has 8 heteroatoms. The molecule has 0 fully saturated rings. The van der Waals surface area contributed by atoms with Gasteiger partial charge < -0.3 is 10.6 Å². The van der Waals surface area contributed by atoms with Crippen LogP contribution < -0.4 is 21.6 Å². The molecule has 0 radical (unpaired) electrons. The topological polar surface area (TPSA) is 122 Å². The Hall–Kier alpha value is -2.56. The van der Waals surface area contributed by atoms with Gasteiger partial charge in [-0.15, -0.1) is 0 Å². The van der Waals surface area contributed by atoms with Crippen molar-refractivity contribution in [2.24, 2.45) is 15.4 Å². The number of nitrogens with zero attached hydrogens (tertiary/aromatic N) is 6. The first-order valence-corrected chi connectivity index (χ1v) is 3.32. The average molecular weight is 190 g/mol. The van der Waals surface area contributed by atoms with E-state index in [1.54, 1.807) is 0 Å². The third-order valence-corrected chi connectivity index (χ3v) is 1.37. The molecular weight excluding hydrogens is 188 g/mol. The van der Waals surface area contributed by atoms with Crippen molar-refractivity contribution in [3.05, 3.63) is 53.9 Å². The third kappa shape index (κ3) is 1.61. The molecule has 0 unspecified atom stereocenters. The molecule has 0 bridgehead atoms. The lowest BCUT2D eigenvalue weighted by atomic mass is 10.3. The highest BCUT2D eigenvalue weighted by molar-refractivity contribution is 5.02. The predicted octanol–water partition coefficient (Wildman–Crippen LogP) is -1.21. The van der Waals surface area contributed by atoms with Gasteiger partial charge in [-0.25, -0.2) is 0 Å². The number of hydrogen-bond donors (Lipinski definition) is 0. The zero-order valence-electron chi connectivity index (χ0n) is 6.65. The summed E-state index contributed by atoms with van der Waals surface area (Å²) in [6, 6.07) is 1.89. The van der Waals surface area contributed by atoms with Crippen molar-refractivity contribution < 1.29 is 0 Å². The molecular formula is C6H2N6O2. The number of benzene rings is 1. The van der Waals surface area contributed by atoms with E-state index in [4.69, 9.17) is 10.9 Å². The predicted molar refractivity (Wildman–Crippen MR) is 43.4 cm³/mol. The van der Waals surface area contributed by atoms with Gasteiger partial charge in [0.25, 0.3) is 5.39 Å². The number of rotatable bonds is 1. The molecule has 1 aromatic rings. The largest absolute Gasteiger partial charge is 0.362 e. The maximum Gasteiger partial charge on any atom is 0.339 e. The van der Waals surface area contributed by atoms with E-state index in [2.05, 4.69) is 20.5 Å². The summed E-state index contributed by atoms with van der Waals surface area (Å²) in [6.07, 6.45) is 0. The minimum atomic E-state index is -0.662. The van der Waals surface area contributed by atoms with Gasteiger partial charge in [0.1, 0.15) is 0 Å². The Morgan fingerprint density at radius 1 is 1.21 bits per heavy atom. The molecule has 0 atom stereocenters. The van der Waals surface area contributed by atoms with Crippen LogP contribution in [0.3, 0.4) is 0 Å². The molecule has 0 N–H and O–H groups in total. The van der Waals surface area contributed by atoms with Crippen molar-refractivity contribution in [2.45, 2.75) is 0 Å². The van der Waals surface area contributed by atoms with Gasteiger partial charge in [0.05, 0.1) is 5.36 Å². The van der Waals surface area contributed by atoms with Crippen LogP contribution in [0.15, 0.2) is 37.1 Å². The molecule has 0 aliphatic rings. The van der Waals surface area contributed by atoms with Crippen LogP contribution in [-0.4, -0.2) is 0 Å². The van der Waals surface area contributed by atoms with Gasteiger partial charge in [-0.2, -0.15) is 0 Å². The Labute approximate surface area is 75.7 Å². The monoisotopic (exact) mass is 190 g/mol.